The van der Waals surface area contributed by atoms with Gasteiger partial charge in [0.05, 0.1) is 18.1 Å². The number of carboxylic acid groups (broad SMARTS) is 1. The molecule has 0 saturated carbocycles. The quantitative estimate of drug-likeness (QED) is 0.495. The fourth-order valence-electron chi connectivity index (χ4n) is 3.58. The van der Waals surface area contributed by atoms with Crippen molar-refractivity contribution in [1.82, 2.24) is 9.47 Å². The molecule has 31 heavy (non-hydrogen) atoms. The lowest BCUT2D eigenvalue weighted by Crippen LogP contribution is -2.40. The number of nitrogens with zero attached hydrogens (tertiary/aromatic N) is 4. The second-order valence-corrected chi connectivity index (χ2v) is 8.82. The fraction of sp³-hybridized carbons (Fsp3) is 0.450. The van der Waals surface area contributed by atoms with E-state index in [9.17, 15) is 19.6 Å². The molecule has 9 nitrogen and oxygen atoms in total. The van der Waals surface area contributed by atoms with E-state index >= 15 is 0 Å². The Morgan fingerprint density at radius 3 is 2.65 bits per heavy atom. The minimum Gasteiger partial charge on any atom is -0.481 e. The van der Waals surface area contributed by atoms with Crippen LogP contribution in [0.15, 0.2) is 9.70 Å². The van der Waals surface area contributed by atoms with Gasteiger partial charge in [0.1, 0.15) is 21.8 Å². The molecule has 1 aromatic heterocycles. The first kappa shape index (κ1) is 23.0. The predicted octanol–water partition coefficient (Wildman–Crippen LogP) is 1.47. The molecule has 2 fully saturated rings. The lowest BCUT2D eigenvalue weighted by atomic mass is 10.0. The van der Waals surface area contributed by atoms with Crippen molar-refractivity contribution < 1.29 is 19.4 Å². The van der Waals surface area contributed by atoms with Gasteiger partial charge < -0.3 is 14.7 Å². The van der Waals surface area contributed by atoms with Crippen molar-refractivity contribution in [3.63, 3.8) is 0 Å². The van der Waals surface area contributed by atoms with E-state index in [-0.39, 0.29) is 30.0 Å². The summed E-state index contributed by atoms with van der Waals surface area (Å²) in [5, 5.41) is 18.3. The Bertz CT molecular complexity index is 1070. The number of nitriles is 1. The molecule has 0 bridgehead atoms. The van der Waals surface area contributed by atoms with Crippen molar-refractivity contribution >= 4 is 52.1 Å². The molecule has 164 valence electrons. The van der Waals surface area contributed by atoms with E-state index in [4.69, 9.17) is 22.1 Å². The zero-order chi connectivity index (χ0) is 22.7. The number of carboxylic acids is 1. The van der Waals surface area contributed by atoms with Crippen molar-refractivity contribution in [1.29, 1.82) is 5.26 Å². The van der Waals surface area contributed by atoms with Crippen LogP contribution in [-0.4, -0.2) is 63.6 Å². The van der Waals surface area contributed by atoms with Crippen LogP contribution >= 0.6 is 24.0 Å². The summed E-state index contributed by atoms with van der Waals surface area (Å²) in [6, 6.07) is 1.98. The average Bonchev–Trinajstić information content (AvgIpc) is 3.00. The number of hydrogen-bond donors (Lipinski definition) is 1. The average molecular weight is 463 g/mol. The molecule has 2 aliphatic heterocycles. The summed E-state index contributed by atoms with van der Waals surface area (Å²) >= 11 is 6.45. The number of hydrogen-bond acceptors (Lipinski definition) is 8. The summed E-state index contributed by atoms with van der Waals surface area (Å²) in [6.07, 6.45) is 1.92. The number of carbonyl (C=O) groups excluding carboxylic acids is 1. The lowest BCUT2D eigenvalue weighted by molar-refractivity contribution is -0.137. The first-order valence-electron chi connectivity index (χ1n) is 9.69. The van der Waals surface area contributed by atoms with Crippen molar-refractivity contribution in [2.75, 3.05) is 37.7 Å². The minimum absolute atomic E-state index is 0.0303. The highest BCUT2D eigenvalue weighted by atomic mass is 32.2. The Labute approximate surface area is 188 Å². The van der Waals surface area contributed by atoms with Crippen LogP contribution in [0.2, 0.25) is 0 Å². The molecule has 2 saturated heterocycles. The van der Waals surface area contributed by atoms with E-state index < -0.39 is 5.97 Å². The maximum Gasteiger partial charge on any atom is 0.303 e. The number of aromatic nitrogens is 1. The summed E-state index contributed by atoms with van der Waals surface area (Å²) in [5.41, 5.74) is 0.761. The number of anilines is 1. The Kier molecular flexibility index (Phi) is 7.15. The molecule has 0 atom stereocenters. The van der Waals surface area contributed by atoms with E-state index in [0.29, 0.717) is 58.9 Å². The molecular formula is C20H22N4O5S2. The summed E-state index contributed by atoms with van der Waals surface area (Å²) in [4.78, 5) is 40.2. The molecule has 0 aliphatic carbocycles. The van der Waals surface area contributed by atoms with Crippen molar-refractivity contribution in [2.45, 2.75) is 19.8 Å². The number of morpholine rings is 1. The van der Waals surface area contributed by atoms with Gasteiger partial charge in [-0.15, -0.1) is 0 Å². The summed E-state index contributed by atoms with van der Waals surface area (Å²) in [6.45, 7) is 4.10. The third-order valence-corrected chi connectivity index (χ3v) is 6.58. The maximum atomic E-state index is 12.9. The van der Waals surface area contributed by atoms with E-state index in [1.807, 2.05) is 11.0 Å². The molecular weight excluding hydrogens is 440 g/mol. The molecule has 1 amide bonds. The Morgan fingerprint density at radius 2 is 2.03 bits per heavy atom. The highest BCUT2D eigenvalue weighted by molar-refractivity contribution is 8.26. The Morgan fingerprint density at radius 1 is 1.35 bits per heavy atom. The summed E-state index contributed by atoms with van der Waals surface area (Å²) in [5.74, 6) is -0.609. The van der Waals surface area contributed by atoms with Crippen molar-refractivity contribution in [2.24, 2.45) is 7.05 Å². The van der Waals surface area contributed by atoms with Crippen LogP contribution in [0.1, 0.15) is 29.5 Å². The third-order valence-electron chi connectivity index (χ3n) is 5.20. The highest BCUT2D eigenvalue weighted by Gasteiger charge is 2.33. The third kappa shape index (κ3) is 4.66. The van der Waals surface area contributed by atoms with Gasteiger partial charge in [0.25, 0.3) is 11.5 Å². The standard InChI is InChI=1S/C20H22N4O5S2/c1-12-13(10-15-19(28)24(20(30)31-15)5-3-4-16(25)26)17(23-6-8-29-9-7-23)22(2)18(27)14(12)11-21/h10H,3-9H2,1-2H3,(H,25,26)/b15-10+. The second-order valence-electron chi connectivity index (χ2n) is 7.14. The van der Waals surface area contributed by atoms with Crippen LogP contribution in [0.3, 0.4) is 0 Å². The van der Waals surface area contributed by atoms with Crippen molar-refractivity contribution in [3.8, 4) is 6.07 Å². The SMILES string of the molecule is Cc1c(/C=C2/SC(=S)N(CCCC(=O)O)C2=O)c(N2CCOCC2)n(C)c(=O)c1C#N. The monoisotopic (exact) mass is 462 g/mol. The molecule has 3 heterocycles. The lowest BCUT2D eigenvalue weighted by Gasteiger charge is -2.32. The number of rotatable bonds is 6. The highest BCUT2D eigenvalue weighted by Crippen LogP contribution is 2.35. The van der Waals surface area contributed by atoms with Crippen LogP contribution in [0.5, 0.6) is 0 Å². The van der Waals surface area contributed by atoms with Gasteiger partial charge in [0.2, 0.25) is 0 Å². The van der Waals surface area contributed by atoms with Crippen LogP contribution in [-0.2, 0) is 21.4 Å². The van der Waals surface area contributed by atoms with E-state index in [1.165, 1.54) is 9.47 Å². The van der Waals surface area contributed by atoms with Crippen LogP contribution < -0.4 is 10.5 Å². The molecule has 2 aliphatic rings. The first-order chi connectivity index (χ1) is 14.8. The number of ether oxygens (including phenoxy) is 1. The topological polar surface area (TPSA) is 116 Å². The van der Waals surface area contributed by atoms with Gasteiger partial charge in [0.15, 0.2) is 0 Å². The number of aliphatic carboxylic acids is 1. The largest absolute Gasteiger partial charge is 0.481 e. The van der Waals surface area contributed by atoms with Crippen LogP contribution in [0.25, 0.3) is 6.08 Å². The zero-order valence-electron chi connectivity index (χ0n) is 17.2. The normalized spacial score (nSPS) is 18.0. The molecule has 11 heteroatoms. The van der Waals surface area contributed by atoms with Gasteiger partial charge in [0, 0.05) is 38.7 Å². The Hall–Kier alpha value is -2.68. The molecule has 0 aromatic carbocycles. The maximum absolute atomic E-state index is 12.9. The number of thiocarbonyl (C=S) groups is 1. The van der Waals surface area contributed by atoms with Gasteiger partial charge in [-0.05, 0) is 25.0 Å². The molecule has 0 radical (unpaired) electrons. The second kappa shape index (κ2) is 9.64. The fourth-order valence-corrected chi connectivity index (χ4v) is 4.87. The Balaban J connectivity index is 2.04. The van der Waals surface area contributed by atoms with Gasteiger partial charge >= 0.3 is 5.97 Å². The number of thioether (sulfide) groups is 1. The van der Waals surface area contributed by atoms with E-state index in [1.54, 1.807) is 20.0 Å². The van der Waals surface area contributed by atoms with E-state index in [0.717, 1.165) is 11.8 Å². The predicted molar refractivity (Wildman–Crippen MR) is 121 cm³/mol. The molecule has 1 aromatic rings. The minimum atomic E-state index is -0.930. The molecule has 1 N–H and O–H groups in total. The molecule has 0 unspecified atom stereocenters. The number of carbonyl (C=O) groups is 2. The van der Waals surface area contributed by atoms with Crippen LogP contribution in [0, 0.1) is 18.3 Å². The summed E-state index contributed by atoms with van der Waals surface area (Å²) < 4.78 is 7.22. The van der Waals surface area contributed by atoms with Gasteiger partial charge in [-0.25, -0.2) is 0 Å². The summed E-state index contributed by atoms with van der Waals surface area (Å²) in [7, 11) is 1.61. The molecule has 3 rings (SSSR count). The van der Waals surface area contributed by atoms with Crippen molar-refractivity contribution in [3.05, 3.63) is 31.9 Å². The number of amides is 1. The zero-order valence-corrected chi connectivity index (χ0v) is 18.8. The van der Waals surface area contributed by atoms with Crippen LogP contribution in [0.4, 0.5) is 5.82 Å². The van der Waals surface area contributed by atoms with E-state index in [2.05, 4.69) is 0 Å². The molecule has 0 spiro atoms. The first-order valence-corrected chi connectivity index (χ1v) is 10.9. The number of pyridine rings is 1. The smallest absolute Gasteiger partial charge is 0.303 e. The van der Waals surface area contributed by atoms with Gasteiger partial charge in [-0.1, -0.05) is 24.0 Å². The van der Waals surface area contributed by atoms with Gasteiger partial charge in [-0.3, -0.25) is 23.9 Å². The van der Waals surface area contributed by atoms with Gasteiger partial charge in [-0.2, -0.15) is 5.26 Å².